The van der Waals surface area contributed by atoms with Crippen molar-refractivity contribution < 1.29 is 9.59 Å². The number of rotatable bonds is 5. The van der Waals surface area contributed by atoms with Crippen LogP contribution in [0.2, 0.25) is 10.0 Å². The third-order valence-electron chi connectivity index (χ3n) is 3.17. The molecular formula is C15H14Cl2N4O2. The fourth-order valence-corrected chi connectivity index (χ4v) is 2.20. The van der Waals surface area contributed by atoms with Crippen molar-refractivity contribution in [3.63, 3.8) is 0 Å². The molecule has 1 heterocycles. The van der Waals surface area contributed by atoms with E-state index < -0.39 is 17.9 Å². The van der Waals surface area contributed by atoms with E-state index in [0.29, 0.717) is 27.7 Å². The number of amides is 2. The SMILES string of the molecule is CCC(NC(=O)c1cc(-c2ccc(Cl)c(Cl)c2)ncn1)C(N)=O. The Kier molecular flexibility index (Phi) is 5.52. The van der Waals surface area contributed by atoms with Gasteiger partial charge in [0, 0.05) is 5.56 Å². The van der Waals surface area contributed by atoms with Gasteiger partial charge in [0.15, 0.2) is 0 Å². The van der Waals surface area contributed by atoms with Crippen molar-refractivity contribution in [2.75, 3.05) is 0 Å². The summed E-state index contributed by atoms with van der Waals surface area (Å²) in [5.41, 5.74) is 6.54. The lowest BCUT2D eigenvalue weighted by molar-refractivity contribution is -0.119. The van der Waals surface area contributed by atoms with Crippen LogP contribution in [0.15, 0.2) is 30.6 Å². The molecule has 0 bridgehead atoms. The van der Waals surface area contributed by atoms with Crippen molar-refractivity contribution in [1.82, 2.24) is 15.3 Å². The second kappa shape index (κ2) is 7.39. The van der Waals surface area contributed by atoms with Gasteiger partial charge >= 0.3 is 0 Å². The highest BCUT2D eigenvalue weighted by atomic mass is 35.5. The van der Waals surface area contributed by atoms with Crippen molar-refractivity contribution in [2.45, 2.75) is 19.4 Å². The van der Waals surface area contributed by atoms with Gasteiger partial charge in [-0.1, -0.05) is 36.2 Å². The molecule has 1 unspecified atom stereocenters. The third-order valence-corrected chi connectivity index (χ3v) is 3.91. The molecule has 3 N–H and O–H groups in total. The zero-order valence-corrected chi connectivity index (χ0v) is 13.7. The van der Waals surface area contributed by atoms with Crippen LogP contribution in [0, 0.1) is 0 Å². The number of halogens is 2. The number of aromatic nitrogens is 2. The van der Waals surface area contributed by atoms with Gasteiger partial charge in [-0.3, -0.25) is 9.59 Å². The molecule has 0 saturated heterocycles. The molecule has 1 aromatic heterocycles. The summed E-state index contributed by atoms with van der Waals surface area (Å²) in [6.45, 7) is 1.75. The van der Waals surface area contributed by atoms with E-state index in [-0.39, 0.29) is 5.69 Å². The Morgan fingerprint density at radius 1 is 1.22 bits per heavy atom. The highest BCUT2D eigenvalue weighted by Gasteiger charge is 2.18. The molecule has 0 aliphatic carbocycles. The molecular weight excluding hydrogens is 339 g/mol. The topological polar surface area (TPSA) is 98.0 Å². The van der Waals surface area contributed by atoms with Crippen LogP contribution in [0.1, 0.15) is 23.8 Å². The van der Waals surface area contributed by atoms with Gasteiger partial charge in [0.25, 0.3) is 5.91 Å². The maximum absolute atomic E-state index is 12.2. The Hall–Kier alpha value is -2.18. The van der Waals surface area contributed by atoms with Gasteiger partial charge in [0.05, 0.1) is 15.7 Å². The fourth-order valence-electron chi connectivity index (χ4n) is 1.90. The van der Waals surface area contributed by atoms with Crippen LogP contribution in [0.25, 0.3) is 11.3 Å². The van der Waals surface area contributed by atoms with Crippen molar-refractivity contribution in [3.8, 4) is 11.3 Å². The number of nitrogens with two attached hydrogens (primary N) is 1. The number of nitrogens with zero attached hydrogens (tertiary/aromatic N) is 2. The third kappa shape index (κ3) is 4.18. The quantitative estimate of drug-likeness (QED) is 0.863. The number of primary amides is 1. The van der Waals surface area contributed by atoms with Crippen LogP contribution < -0.4 is 11.1 Å². The minimum atomic E-state index is -0.745. The van der Waals surface area contributed by atoms with Gasteiger partial charge in [0.1, 0.15) is 18.1 Å². The Bertz CT molecular complexity index is 752. The molecule has 2 rings (SSSR count). The summed E-state index contributed by atoms with van der Waals surface area (Å²) < 4.78 is 0. The molecule has 8 heteroatoms. The average Bonchev–Trinajstić information content (AvgIpc) is 2.54. The summed E-state index contributed by atoms with van der Waals surface area (Å²) in [4.78, 5) is 31.4. The van der Waals surface area contributed by atoms with E-state index in [1.807, 2.05) is 0 Å². The maximum atomic E-state index is 12.2. The van der Waals surface area contributed by atoms with Crippen LogP contribution in [-0.4, -0.2) is 27.8 Å². The lowest BCUT2D eigenvalue weighted by Crippen LogP contribution is -2.44. The zero-order chi connectivity index (χ0) is 17.0. The van der Waals surface area contributed by atoms with Crippen LogP contribution in [0.3, 0.4) is 0 Å². The standard InChI is InChI=1S/C15H14Cl2N4O2/c1-2-11(14(18)22)21-15(23)13-6-12(19-7-20-13)8-3-4-9(16)10(17)5-8/h3-7,11H,2H2,1H3,(H2,18,22)(H,21,23). The number of carbonyl (C=O) groups excluding carboxylic acids is 2. The predicted octanol–water partition coefficient (Wildman–Crippen LogP) is 2.44. The van der Waals surface area contributed by atoms with Gasteiger partial charge in [-0.05, 0) is 24.6 Å². The predicted molar refractivity (Wildman–Crippen MR) is 88.2 cm³/mol. The first-order valence-corrected chi connectivity index (χ1v) is 7.55. The van der Waals surface area contributed by atoms with Crippen LogP contribution >= 0.6 is 23.2 Å². The molecule has 1 atom stereocenters. The highest BCUT2D eigenvalue weighted by molar-refractivity contribution is 6.42. The fraction of sp³-hybridized carbons (Fsp3) is 0.200. The largest absolute Gasteiger partial charge is 0.368 e. The second-order valence-electron chi connectivity index (χ2n) is 4.75. The summed E-state index contributed by atoms with van der Waals surface area (Å²) in [6, 6.07) is 5.78. The van der Waals surface area contributed by atoms with Gasteiger partial charge in [-0.25, -0.2) is 9.97 Å². The van der Waals surface area contributed by atoms with E-state index >= 15 is 0 Å². The van der Waals surface area contributed by atoms with Crippen LogP contribution in [0.4, 0.5) is 0 Å². The van der Waals surface area contributed by atoms with Crippen molar-refractivity contribution in [1.29, 1.82) is 0 Å². The zero-order valence-electron chi connectivity index (χ0n) is 12.2. The molecule has 2 amide bonds. The monoisotopic (exact) mass is 352 g/mol. The molecule has 0 aliphatic heterocycles. The first-order chi connectivity index (χ1) is 10.9. The molecule has 0 saturated carbocycles. The first-order valence-electron chi connectivity index (χ1n) is 6.80. The highest BCUT2D eigenvalue weighted by Crippen LogP contribution is 2.27. The molecule has 0 radical (unpaired) electrons. The number of benzene rings is 1. The second-order valence-corrected chi connectivity index (χ2v) is 5.57. The van der Waals surface area contributed by atoms with Gasteiger partial charge in [-0.15, -0.1) is 0 Å². The Balaban J connectivity index is 2.27. The summed E-state index contributed by atoms with van der Waals surface area (Å²) >= 11 is 11.9. The number of nitrogens with one attached hydrogen (secondary N) is 1. The van der Waals surface area contributed by atoms with Crippen LogP contribution in [-0.2, 0) is 4.79 Å². The average molecular weight is 353 g/mol. The van der Waals surface area contributed by atoms with Crippen LogP contribution in [0.5, 0.6) is 0 Å². The van der Waals surface area contributed by atoms with E-state index in [0.717, 1.165) is 0 Å². The molecule has 23 heavy (non-hydrogen) atoms. The summed E-state index contributed by atoms with van der Waals surface area (Å²) in [5.74, 6) is -1.10. The molecule has 0 fully saturated rings. The Labute approximate surface area is 143 Å². The van der Waals surface area contributed by atoms with Crippen molar-refractivity contribution >= 4 is 35.0 Å². The van der Waals surface area contributed by atoms with Crippen molar-refractivity contribution in [3.05, 3.63) is 46.3 Å². The maximum Gasteiger partial charge on any atom is 0.270 e. The smallest absolute Gasteiger partial charge is 0.270 e. The van der Waals surface area contributed by atoms with Gasteiger partial charge < -0.3 is 11.1 Å². The minimum Gasteiger partial charge on any atom is -0.368 e. The first kappa shape index (κ1) is 17.2. The lowest BCUT2D eigenvalue weighted by atomic mass is 10.1. The lowest BCUT2D eigenvalue weighted by Gasteiger charge is -2.13. The Morgan fingerprint density at radius 2 is 1.96 bits per heavy atom. The number of carbonyl (C=O) groups is 2. The number of hydrogen-bond acceptors (Lipinski definition) is 4. The molecule has 0 spiro atoms. The van der Waals surface area contributed by atoms with Gasteiger partial charge in [-0.2, -0.15) is 0 Å². The molecule has 120 valence electrons. The Morgan fingerprint density at radius 3 is 2.57 bits per heavy atom. The van der Waals surface area contributed by atoms with E-state index in [1.54, 1.807) is 25.1 Å². The van der Waals surface area contributed by atoms with E-state index in [1.165, 1.54) is 12.4 Å². The van der Waals surface area contributed by atoms with E-state index in [2.05, 4.69) is 15.3 Å². The molecule has 0 aliphatic rings. The van der Waals surface area contributed by atoms with Crippen molar-refractivity contribution in [2.24, 2.45) is 5.73 Å². The minimum absolute atomic E-state index is 0.126. The van der Waals surface area contributed by atoms with E-state index in [4.69, 9.17) is 28.9 Å². The molecule has 2 aromatic rings. The normalized spacial score (nSPS) is 11.8. The summed E-state index contributed by atoms with van der Waals surface area (Å²) in [7, 11) is 0. The van der Waals surface area contributed by atoms with Gasteiger partial charge in [0.2, 0.25) is 5.91 Å². The summed E-state index contributed by atoms with van der Waals surface area (Å²) in [5, 5.41) is 3.34. The molecule has 1 aromatic carbocycles. The molecule has 6 nitrogen and oxygen atoms in total. The summed E-state index contributed by atoms with van der Waals surface area (Å²) in [6.07, 6.45) is 1.66. The number of hydrogen-bond donors (Lipinski definition) is 2. The van der Waals surface area contributed by atoms with E-state index in [9.17, 15) is 9.59 Å².